The van der Waals surface area contributed by atoms with Gasteiger partial charge in [-0.1, -0.05) is 60.7 Å². The van der Waals surface area contributed by atoms with Gasteiger partial charge in [0.25, 0.3) is 0 Å². The van der Waals surface area contributed by atoms with Gasteiger partial charge in [-0.05, 0) is 22.9 Å². The highest BCUT2D eigenvalue weighted by Gasteiger charge is 2.16. The molecule has 112 valence electrons. The molecule has 0 aliphatic rings. The lowest BCUT2D eigenvalue weighted by Crippen LogP contribution is -1.85. The van der Waals surface area contributed by atoms with Gasteiger partial charge >= 0.3 is 0 Å². The van der Waals surface area contributed by atoms with Crippen molar-refractivity contribution in [3.63, 3.8) is 0 Å². The minimum absolute atomic E-state index is 0.896. The van der Waals surface area contributed by atoms with Crippen LogP contribution in [-0.2, 0) is 0 Å². The summed E-state index contributed by atoms with van der Waals surface area (Å²) in [6.07, 6.45) is 0. The van der Waals surface area contributed by atoms with Crippen molar-refractivity contribution in [2.24, 2.45) is 0 Å². The first kappa shape index (κ1) is 12.1. The Balaban J connectivity index is 2.04. The van der Waals surface area contributed by atoms with Crippen molar-refractivity contribution in [3.05, 3.63) is 72.8 Å². The van der Waals surface area contributed by atoms with Crippen LogP contribution >= 0.6 is 0 Å². The van der Waals surface area contributed by atoms with Crippen molar-refractivity contribution in [3.8, 4) is 0 Å². The normalized spacial score (nSPS) is 12.2. The number of fused-ring (bicyclic) bond motifs is 10. The summed E-state index contributed by atoms with van der Waals surface area (Å²) in [7, 11) is 0. The van der Waals surface area contributed by atoms with Gasteiger partial charge in [-0.25, -0.2) is 4.98 Å². The van der Waals surface area contributed by atoms with Crippen LogP contribution in [0.4, 0.5) is 0 Å². The van der Waals surface area contributed by atoms with E-state index >= 15 is 0 Å². The number of aromatic nitrogens is 3. The van der Waals surface area contributed by atoms with Crippen LogP contribution in [0, 0.1) is 0 Å². The Kier molecular flexibility index (Phi) is 2.10. The van der Waals surface area contributed by atoms with E-state index in [2.05, 4.69) is 76.1 Å². The monoisotopic (exact) mass is 307 g/mol. The van der Waals surface area contributed by atoms with Gasteiger partial charge in [0.15, 0.2) is 0 Å². The van der Waals surface area contributed by atoms with Crippen LogP contribution in [0.5, 0.6) is 0 Å². The van der Waals surface area contributed by atoms with E-state index in [9.17, 15) is 0 Å². The van der Waals surface area contributed by atoms with E-state index in [-0.39, 0.29) is 0 Å². The van der Waals surface area contributed by atoms with E-state index in [1.807, 2.05) is 6.07 Å². The first-order valence-corrected chi connectivity index (χ1v) is 8.10. The summed E-state index contributed by atoms with van der Waals surface area (Å²) in [5, 5.41) is 4.97. The van der Waals surface area contributed by atoms with Crippen LogP contribution in [0.25, 0.3) is 49.4 Å². The van der Waals surface area contributed by atoms with Crippen LogP contribution < -0.4 is 0 Å². The van der Waals surface area contributed by atoms with Crippen molar-refractivity contribution in [2.75, 3.05) is 0 Å². The Morgan fingerprint density at radius 1 is 0.667 bits per heavy atom. The molecule has 2 heterocycles. The third kappa shape index (κ3) is 1.35. The molecule has 0 saturated heterocycles. The fourth-order valence-electron chi connectivity index (χ4n) is 3.92. The van der Waals surface area contributed by atoms with E-state index in [1.54, 1.807) is 0 Å². The number of rotatable bonds is 0. The molecule has 2 aromatic heterocycles. The molecule has 0 spiro atoms. The van der Waals surface area contributed by atoms with E-state index < -0.39 is 0 Å². The van der Waals surface area contributed by atoms with Gasteiger partial charge in [0.1, 0.15) is 0 Å². The van der Waals surface area contributed by atoms with Crippen LogP contribution in [-0.4, -0.2) is 14.4 Å². The number of aromatic amines is 1. The number of nitrogens with one attached hydrogen (secondary N) is 1. The second-order valence-corrected chi connectivity index (χ2v) is 6.20. The van der Waals surface area contributed by atoms with Gasteiger partial charge in [0, 0.05) is 10.8 Å². The largest absolute Gasteiger partial charge is 0.323 e. The maximum Gasteiger partial charge on any atom is 0.213 e. The van der Waals surface area contributed by atoms with Gasteiger partial charge in [-0.3, -0.25) is 4.40 Å². The molecule has 0 bridgehead atoms. The number of H-pyrrole nitrogens is 1. The number of imidazole rings is 2. The zero-order valence-electron chi connectivity index (χ0n) is 12.8. The van der Waals surface area contributed by atoms with Crippen molar-refractivity contribution in [1.29, 1.82) is 0 Å². The Morgan fingerprint density at radius 2 is 1.29 bits per heavy atom. The van der Waals surface area contributed by atoms with Crippen molar-refractivity contribution in [2.45, 2.75) is 0 Å². The Morgan fingerprint density at radius 3 is 2.12 bits per heavy atom. The summed E-state index contributed by atoms with van der Waals surface area (Å²) in [6, 6.07) is 25.5. The maximum atomic E-state index is 4.94. The molecule has 0 aliphatic heterocycles. The summed E-state index contributed by atoms with van der Waals surface area (Å²) in [5.74, 6) is 0.896. The molecule has 0 unspecified atom stereocenters. The molecule has 0 amide bonds. The number of nitrogens with zero attached hydrogens (tertiary/aromatic N) is 2. The summed E-state index contributed by atoms with van der Waals surface area (Å²) in [4.78, 5) is 8.39. The Bertz CT molecular complexity index is 1370. The van der Waals surface area contributed by atoms with Crippen molar-refractivity contribution in [1.82, 2.24) is 14.4 Å². The molecule has 4 aromatic carbocycles. The molecule has 0 radical (unpaired) electrons. The highest BCUT2D eigenvalue weighted by Crippen LogP contribution is 2.36. The molecule has 0 aliphatic carbocycles. The number of hydrogen-bond donors (Lipinski definition) is 1. The predicted octanol–water partition coefficient (Wildman–Crippen LogP) is 5.28. The van der Waals surface area contributed by atoms with Crippen molar-refractivity contribution < 1.29 is 0 Å². The molecule has 6 rings (SSSR count). The van der Waals surface area contributed by atoms with Crippen LogP contribution in [0.3, 0.4) is 0 Å². The zero-order valence-corrected chi connectivity index (χ0v) is 12.8. The lowest BCUT2D eigenvalue weighted by atomic mass is 10.00. The van der Waals surface area contributed by atoms with Gasteiger partial charge in [-0.15, -0.1) is 0 Å². The zero-order chi connectivity index (χ0) is 15.7. The Labute approximate surface area is 137 Å². The molecule has 0 atom stereocenters. The van der Waals surface area contributed by atoms with Crippen molar-refractivity contribution >= 4 is 49.4 Å². The quantitative estimate of drug-likeness (QED) is 0.381. The molecule has 0 fully saturated rings. The third-order valence-electron chi connectivity index (χ3n) is 4.92. The van der Waals surface area contributed by atoms with Gasteiger partial charge in [0.2, 0.25) is 5.78 Å². The molecule has 3 nitrogen and oxygen atoms in total. The molecule has 0 saturated carbocycles. The molecular weight excluding hydrogens is 294 g/mol. The number of para-hydroxylation sites is 2. The predicted molar refractivity (Wildman–Crippen MR) is 99.6 cm³/mol. The SMILES string of the molecule is c1ccc2c(c1)[nH]c1nc3c4ccccc4c4ccccc4c3n12. The summed E-state index contributed by atoms with van der Waals surface area (Å²) in [5.41, 5.74) is 4.51. The number of hydrogen-bond acceptors (Lipinski definition) is 1. The summed E-state index contributed by atoms with van der Waals surface area (Å²) in [6.45, 7) is 0. The highest BCUT2D eigenvalue weighted by atomic mass is 15.1. The van der Waals surface area contributed by atoms with Crippen LogP contribution in [0.2, 0.25) is 0 Å². The minimum Gasteiger partial charge on any atom is -0.323 e. The average molecular weight is 307 g/mol. The lowest BCUT2D eigenvalue weighted by molar-refractivity contribution is 1.28. The van der Waals surface area contributed by atoms with Gasteiger partial charge in [-0.2, -0.15) is 0 Å². The summed E-state index contributed by atoms with van der Waals surface area (Å²) >= 11 is 0. The van der Waals surface area contributed by atoms with Crippen LogP contribution in [0.15, 0.2) is 72.8 Å². The van der Waals surface area contributed by atoms with Gasteiger partial charge < -0.3 is 4.98 Å². The molecule has 1 N–H and O–H groups in total. The minimum atomic E-state index is 0.896. The second kappa shape index (κ2) is 4.15. The van der Waals surface area contributed by atoms with E-state index in [1.165, 1.54) is 27.1 Å². The maximum absolute atomic E-state index is 4.94. The second-order valence-electron chi connectivity index (χ2n) is 6.20. The highest BCUT2D eigenvalue weighted by molar-refractivity contribution is 6.24. The topological polar surface area (TPSA) is 33.1 Å². The molecule has 24 heavy (non-hydrogen) atoms. The van der Waals surface area contributed by atoms with E-state index in [0.717, 1.165) is 22.3 Å². The van der Waals surface area contributed by atoms with E-state index in [0.29, 0.717) is 0 Å². The fraction of sp³-hybridized carbons (Fsp3) is 0. The first-order valence-electron chi connectivity index (χ1n) is 8.10. The van der Waals surface area contributed by atoms with Crippen LogP contribution in [0.1, 0.15) is 0 Å². The standard InChI is InChI=1S/C21H13N3/c1-3-9-15-13(7-1)14-8-2-4-10-16(14)20-19(15)23-21-22-17-11-5-6-12-18(17)24(20)21/h1-12H,(H,22,23). The molecule has 3 heteroatoms. The molecule has 6 aromatic rings. The van der Waals surface area contributed by atoms with Gasteiger partial charge in [0.05, 0.1) is 22.1 Å². The van der Waals surface area contributed by atoms with E-state index in [4.69, 9.17) is 4.98 Å². The molecular formula is C21H13N3. The lowest BCUT2D eigenvalue weighted by Gasteiger charge is -2.06. The number of benzene rings is 4. The smallest absolute Gasteiger partial charge is 0.213 e. The summed E-state index contributed by atoms with van der Waals surface area (Å²) < 4.78 is 2.25. The third-order valence-corrected chi connectivity index (χ3v) is 4.92. The fourth-order valence-corrected chi connectivity index (χ4v) is 3.92. The average Bonchev–Trinajstić information content (AvgIpc) is 3.18. The first-order chi connectivity index (χ1) is 11.9. The Hall–Kier alpha value is -3.33.